The Morgan fingerprint density at radius 3 is 2.56 bits per heavy atom. The van der Waals surface area contributed by atoms with Crippen LogP contribution < -0.4 is 5.32 Å². The maximum Gasteiger partial charge on any atom is 0.311 e. The van der Waals surface area contributed by atoms with Gasteiger partial charge in [-0.3, -0.25) is 4.79 Å². The van der Waals surface area contributed by atoms with Gasteiger partial charge in [-0.1, -0.05) is 0 Å². The Balaban J connectivity index is 2.10. The van der Waals surface area contributed by atoms with Crippen molar-refractivity contribution in [2.75, 3.05) is 26.3 Å². The number of ether oxygens (including phenoxy) is 2. The molecule has 2 aliphatic heterocycles. The average molecular weight is 255 g/mol. The van der Waals surface area contributed by atoms with Gasteiger partial charge in [-0.25, -0.2) is 0 Å². The Labute approximate surface area is 109 Å². The lowest BCUT2D eigenvalue weighted by atomic mass is 9.66. The van der Waals surface area contributed by atoms with Crippen molar-refractivity contribution in [3.05, 3.63) is 0 Å². The summed E-state index contributed by atoms with van der Waals surface area (Å²) in [5, 5.41) is 3.33. The summed E-state index contributed by atoms with van der Waals surface area (Å²) in [6, 6.07) is 0. The molecule has 1 atom stereocenters. The van der Waals surface area contributed by atoms with Crippen LogP contribution in [-0.2, 0) is 14.3 Å². The number of rotatable bonds is 1. The van der Waals surface area contributed by atoms with Crippen molar-refractivity contribution in [1.82, 2.24) is 5.32 Å². The lowest BCUT2D eigenvalue weighted by molar-refractivity contribution is -0.169. The number of hydrogen-bond acceptors (Lipinski definition) is 4. The van der Waals surface area contributed by atoms with Gasteiger partial charge in [0.25, 0.3) is 0 Å². The first-order valence-electron chi connectivity index (χ1n) is 6.94. The van der Waals surface area contributed by atoms with Crippen LogP contribution in [-0.4, -0.2) is 37.9 Å². The van der Waals surface area contributed by atoms with Crippen molar-refractivity contribution >= 4 is 5.97 Å². The smallest absolute Gasteiger partial charge is 0.311 e. The zero-order valence-electron chi connectivity index (χ0n) is 11.8. The molecule has 2 fully saturated rings. The molecule has 0 aromatic heterocycles. The minimum absolute atomic E-state index is 0.0191. The normalized spacial score (nSPS) is 28.1. The van der Waals surface area contributed by atoms with E-state index in [1.54, 1.807) is 0 Å². The Morgan fingerprint density at radius 1 is 1.28 bits per heavy atom. The third kappa shape index (κ3) is 3.04. The Morgan fingerprint density at radius 2 is 1.94 bits per heavy atom. The van der Waals surface area contributed by atoms with Crippen molar-refractivity contribution in [1.29, 1.82) is 0 Å². The van der Waals surface area contributed by atoms with Gasteiger partial charge < -0.3 is 14.8 Å². The second-order valence-corrected chi connectivity index (χ2v) is 6.51. The van der Waals surface area contributed by atoms with Gasteiger partial charge in [-0.05, 0) is 52.0 Å². The van der Waals surface area contributed by atoms with Crippen LogP contribution in [0, 0.1) is 11.3 Å². The second kappa shape index (κ2) is 5.17. The van der Waals surface area contributed by atoms with Gasteiger partial charge in [0.2, 0.25) is 0 Å². The predicted molar refractivity (Wildman–Crippen MR) is 69.3 cm³/mol. The summed E-state index contributed by atoms with van der Waals surface area (Å²) in [7, 11) is 0. The SMILES string of the molecule is CC(C)(C)OC(=O)C1CNCCC12CCOCC2. The van der Waals surface area contributed by atoms with E-state index in [-0.39, 0.29) is 17.3 Å². The zero-order chi connectivity index (χ0) is 13.2. The monoisotopic (exact) mass is 255 g/mol. The van der Waals surface area contributed by atoms with Crippen molar-refractivity contribution in [3.63, 3.8) is 0 Å². The first-order valence-corrected chi connectivity index (χ1v) is 6.94. The van der Waals surface area contributed by atoms with Crippen LogP contribution in [0.1, 0.15) is 40.0 Å². The van der Waals surface area contributed by atoms with E-state index in [1.807, 2.05) is 20.8 Å². The van der Waals surface area contributed by atoms with Crippen molar-refractivity contribution in [3.8, 4) is 0 Å². The van der Waals surface area contributed by atoms with Crippen molar-refractivity contribution < 1.29 is 14.3 Å². The van der Waals surface area contributed by atoms with Crippen LogP contribution in [0.4, 0.5) is 0 Å². The van der Waals surface area contributed by atoms with Crippen LogP contribution in [0.2, 0.25) is 0 Å². The van der Waals surface area contributed by atoms with E-state index in [0.29, 0.717) is 0 Å². The third-order valence-electron chi connectivity index (χ3n) is 4.07. The van der Waals surface area contributed by atoms with E-state index in [9.17, 15) is 4.79 Å². The molecule has 0 aromatic carbocycles. The Kier molecular flexibility index (Phi) is 3.97. The second-order valence-electron chi connectivity index (χ2n) is 6.51. The fourth-order valence-corrected chi connectivity index (χ4v) is 3.06. The van der Waals surface area contributed by atoms with Gasteiger partial charge in [0.05, 0.1) is 5.92 Å². The van der Waals surface area contributed by atoms with Crippen molar-refractivity contribution in [2.45, 2.75) is 45.6 Å². The average Bonchev–Trinajstić information content (AvgIpc) is 2.28. The molecule has 4 nitrogen and oxygen atoms in total. The molecule has 0 aliphatic carbocycles. The highest BCUT2D eigenvalue weighted by Gasteiger charge is 2.46. The maximum atomic E-state index is 12.4. The van der Waals surface area contributed by atoms with Crippen LogP contribution in [0.3, 0.4) is 0 Å². The molecule has 0 amide bonds. The van der Waals surface area contributed by atoms with Gasteiger partial charge in [0.15, 0.2) is 0 Å². The van der Waals surface area contributed by atoms with Crippen LogP contribution >= 0.6 is 0 Å². The fourth-order valence-electron chi connectivity index (χ4n) is 3.06. The van der Waals surface area contributed by atoms with Crippen molar-refractivity contribution in [2.24, 2.45) is 11.3 Å². The molecule has 2 saturated heterocycles. The lowest BCUT2D eigenvalue weighted by Gasteiger charge is -2.46. The molecule has 0 saturated carbocycles. The quantitative estimate of drug-likeness (QED) is 0.725. The summed E-state index contributed by atoms with van der Waals surface area (Å²) in [4.78, 5) is 12.4. The first-order chi connectivity index (χ1) is 8.43. The number of carbonyl (C=O) groups excluding carboxylic acids is 1. The summed E-state index contributed by atoms with van der Waals surface area (Å²) in [5.74, 6) is -0.0639. The van der Waals surface area contributed by atoms with E-state index in [2.05, 4.69) is 5.32 Å². The first kappa shape index (κ1) is 13.8. The minimum Gasteiger partial charge on any atom is -0.460 e. The lowest BCUT2D eigenvalue weighted by Crippen LogP contribution is -2.52. The highest BCUT2D eigenvalue weighted by Crippen LogP contribution is 2.43. The molecule has 1 unspecified atom stereocenters. The Hall–Kier alpha value is -0.610. The molecular formula is C14H25NO3. The largest absolute Gasteiger partial charge is 0.460 e. The van der Waals surface area contributed by atoms with E-state index >= 15 is 0 Å². The summed E-state index contributed by atoms with van der Waals surface area (Å²) < 4.78 is 11.0. The van der Waals surface area contributed by atoms with E-state index in [1.165, 1.54) is 0 Å². The molecular weight excluding hydrogens is 230 g/mol. The van der Waals surface area contributed by atoms with Crippen LogP contribution in [0.5, 0.6) is 0 Å². The van der Waals surface area contributed by atoms with E-state index in [0.717, 1.165) is 45.6 Å². The highest BCUT2D eigenvalue weighted by atomic mass is 16.6. The van der Waals surface area contributed by atoms with Crippen LogP contribution in [0.15, 0.2) is 0 Å². The molecule has 104 valence electrons. The zero-order valence-corrected chi connectivity index (χ0v) is 11.8. The summed E-state index contributed by atoms with van der Waals surface area (Å²) in [5.41, 5.74) is -0.299. The molecule has 1 N–H and O–H groups in total. The summed E-state index contributed by atoms with van der Waals surface area (Å²) in [6.45, 7) is 9.08. The fraction of sp³-hybridized carbons (Fsp3) is 0.929. The summed E-state index contributed by atoms with van der Waals surface area (Å²) >= 11 is 0. The minimum atomic E-state index is -0.402. The molecule has 18 heavy (non-hydrogen) atoms. The standard InChI is InChI=1S/C14H25NO3/c1-13(2,3)18-12(16)11-10-15-7-4-14(11)5-8-17-9-6-14/h11,15H,4-10H2,1-3H3. The number of piperidine rings is 1. The van der Waals surface area contributed by atoms with Gasteiger partial charge in [0, 0.05) is 19.8 Å². The van der Waals surface area contributed by atoms with Gasteiger partial charge in [-0.2, -0.15) is 0 Å². The number of carbonyl (C=O) groups is 1. The van der Waals surface area contributed by atoms with Gasteiger partial charge >= 0.3 is 5.97 Å². The molecule has 0 bridgehead atoms. The van der Waals surface area contributed by atoms with Gasteiger partial charge in [0.1, 0.15) is 5.60 Å². The summed E-state index contributed by atoms with van der Waals surface area (Å²) in [6.07, 6.45) is 3.03. The van der Waals surface area contributed by atoms with E-state index < -0.39 is 5.60 Å². The number of nitrogens with one attached hydrogen (secondary N) is 1. The van der Waals surface area contributed by atoms with Crippen LogP contribution in [0.25, 0.3) is 0 Å². The molecule has 1 spiro atoms. The predicted octanol–water partition coefficient (Wildman–Crippen LogP) is 1.73. The maximum absolute atomic E-state index is 12.4. The molecule has 2 rings (SSSR count). The molecule has 4 heteroatoms. The van der Waals surface area contributed by atoms with Gasteiger partial charge in [-0.15, -0.1) is 0 Å². The molecule has 2 heterocycles. The van der Waals surface area contributed by atoms with E-state index in [4.69, 9.17) is 9.47 Å². The molecule has 0 aromatic rings. The molecule has 0 radical (unpaired) electrons. The Bertz CT molecular complexity index is 294. The molecule has 2 aliphatic rings. The topological polar surface area (TPSA) is 47.6 Å². The number of hydrogen-bond donors (Lipinski definition) is 1. The highest BCUT2D eigenvalue weighted by molar-refractivity contribution is 5.74. The third-order valence-corrected chi connectivity index (χ3v) is 4.07. The number of esters is 1.